The van der Waals surface area contributed by atoms with Crippen LogP contribution in [0.1, 0.15) is 43.4 Å². The van der Waals surface area contributed by atoms with Crippen LogP contribution in [0, 0.1) is 19.8 Å². The maximum Gasteiger partial charge on any atom is 0.398 e. The summed E-state index contributed by atoms with van der Waals surface area (Å²) in [5.41, 5.74) is 0.806. The molecule has 0 saturated heterocycles. The smallest absolute Gasteiger partial charge is 0.366 e. The van der Waals surface area contributed by atoms with Gasteiger partial charge in [0.25, 0.3) is 0 Å². The standard InChI is InChI=1S/C18H25F3N2/c1-6-23(5)11-22-16-10-12(2)15(9-13(16)3)17(4,14-7-8-14)18(19,20)21/h9-11,14H,6-8H2,1-5H3. The Bertz CT molecular complexity index is 603. The monoisotopic (exact) mass is 326 g/mol. The second-order valence-electron chi connectivity index (χ2n) is 6.75. The van der Waals surface area contributed by atoms with Gasteiger partial charge in [0, 0.05) is 13.6 Å². The van der Waals surface area contributed by atoms with Crippen LogP contribution < -0.4 is 0 Å². The quantitative estimate of drug-likeness (QED) is 0.540. The van der Waals surface area contributed by atoms with Crippen molar-refractivity contribution in [1.82, 2.24) is 4.90 Å². The molecule has 128 valence electrons. The second kappa shape index (κ2) is 6.17. The van der Waals surface area contributed by atoms with E-state index in [4.69, 9.17) is 0 Å². The third-order valence-corrected chi connectivity index (χ3v) is 4.98. The summed E-state index contributed by atoms with van der Waals surface area (Å²) in [5.74, 6) is -0.304. The maximum absolute atomic E-state index is 13.8. The van der Waals surface area contributed by atoms with Crippen molar-refractivity contribution in [2.24, 2.45) is 10.9 Å². The van der Waals surface area contributed by atoms with Crippen LogP contribution in [-0.4, -0.2) is 31.0 Å². The minimum Gasteiger partial charge on any atom is -0.366 e. The minimum atomic E-state index is -4.24. The molecule has 0 bridgehead atoms. The van der Waals surface area contributed by atoms with E-state index < -0.39 is 11.6 Å². The fourth-order valence-electron chi connectivity index (χ4n) is 3.01. The van der Waals surface area contributed by atoms with Gasteiger partial charge < -0.3 is 4.90 Å². The van der Waals surface area contributed by atoms with Crippen LogP contribution in [0.15, 0.2) is 17.1 Å². The topological polar surface area (TPSA) is 15.6 Å². The molecule has 0 N–H and O–H groups in total. The normalized spacial score (nSPS) is 18.3. The van der Waals surface area contributed by atoms with E-state index in [1.807, 2.05) is 25.8 Å². The van der Waals surface area contributed by atoms with E-state index in [1.54, 1.807) is 25.4 Å². The van der Waals surface area contributed by atoms with Crippen molar-refractivity contribution >= 4 is 12.0 Å². The van der Waals surface area contributed by atoms with Crippen LogP contribution in [0.25, 0.3) is 0 Å². The molecule has 1 aliphatic rings. The fraction of sp³-hybridized carbons (Fsp3) is 0.611. The Morgan fingerprint density at radius 2 is 1.83 bits per heavy atom. The molecule has 1 unspecified atom stereocenters. The molecule has 2 rings (SSSR count). The van der Waals surface area contributed by atoms with Crippen LogP contribution in [-0.2, 0) is 5.41 Å². The van der Waals surface area contributed by atoms with Gasteiger partial charge in [-0.15, -0.1) is 0 Å². The molecule has 1 saturated carbocycles. The lowest BCUT2D eigenvalue weighted by atomic mass is 9.74. The van der Waals surface area contributed by atoms with Gasteiger partial charge in [-0.05, 0) is 69.2 Å². The second-order valence-corrected chi connectivity index (χ2v) is 6.75. The molecule has 23 heavy (non-hydrogen) atoms. The van der Waals surface area contributed by atoms with Crippen molar-refractivity contribution < 1.29 is 13.2 Å². The molecule has 1 atom stereocenters. The van der Waals surface area contributed by atoms with Crippen LogP contribution in [0.2, 0.25) is 0 Å². The van der Waals surface area contributed by atoms with Crippen LogP contribution in [0.5, 0.6) is 0 Å². The summed E-state index contributed by atoms with van der Waals surface area (Å²) < 4.78 is 41.3. The van der Waals surface area contributed by atoms with Gasteiger partial charge in [-0.3, -0.25) is 0 Å². The van der Waals surface area contributed by atoms with Gasteiger partial charge in [0.15, 0.2) is 0 Å². The Morgan fingerprint density at radius 3 is 2.30 bits per heavy atom. The van der Waals surface area contributed by atoms with Gasteiger partial charge >= 0.3 is 6.18 Å². The zero-order chi connectivity index (χ0) is 17.4. The fourth-order valence-corrected chi connectivity index (χ4v) is 3.01. The van der Waals surface area contributed by atoms with Crippen molar-refractivity contribution in [2.45, 2.75) is 52.1 Å². The summed E-state index contributed by atoms with van der Waals surface area (Å²) in [4.78, 5) is 6.33. The molecule has 5 heteroatoms. The van der Waals surface area contributed by atoms with Crippen molar-refractivity contribution in [3.8, 4) is 0 Å². The van der Waals surface area contributed by atoms with E-state index in [0.717, 1.165) is 17.8 Å². The third-order valence-electron chi connectivity index (χ3n) is 4.98. The summed E-state index contributed by atoms with van der Waals surface area (Å²) in [5, 5.41) is 0. The Hall–Kier alpha value is -1.52. The van der Waals surface area contributed by atoms with Gasteiger partial charge in [-0.2, -0.15) is 13.2 Å². The highest BCUT2D eigenvalue weighted by molar-refractivity contribution is 5.64. The number of halogens is 3. The van der Waals surface area contributed by atoms with Crippen molar-refractivity contribution in [3.63, 3.8) is 0 Å². The molecule has 0 heterocycles. The van der Waals surface area contributed by atoms with Gasteiger partial charge in [-0.1, -0.05) is 6.07 Å². The van der Waals surface area contributed by atoms with Crippen LogP contribution >= 0.6 is 0 Å². The summed E-state index contributed by atoms with van der Waals surface area (Å²) in [6, 6.07) is 3.46. The minimum absolute atomic E-state index is 0.304. The van der Waals surface area contributed by atoms with Crippen LogP contribution in [0.3, 0.4) is 0 Å². The highest BCUT2D eigenvalue weighted by Crippen LogP contribution is 2.56. The molecule has 0 aliphatic heterocycles. The van der Waals surface area contributed by atoms with Gasteiger partial charge in [-0.25, -0.2) is 4.99 Å². The molecule has 1 aliphatic carbocycles. The van der Waals surface area contributed by atoms with Crippen molar-refractivity contribution in [1.29, 1.82) is 0 Å². The Labute approximate surface area is 136 Å². The molecular weight excluding hydrogens is 301 g/mol. The van der Waals surface area contributed by atoms with Crippen molar-refractivity contribution in [2.75, 3.05) is 13.6 Å². The molecule has 0 radical (unpaired) electrons. The van der Waals surface area contributed by atoms with Gasteiger partial charge in [0.05, 0.1) is 17.4 Å². The number of aliphatic imine (C=N–C) groups is 1. The van der Waals surface area contributed by atoms with E-state index >= 15 is 0 Å². The van der Waals surface area contributed by atoms with E-state index in [2.05, 4.69) is 4.99 Å². The SMILES string of the molecule is CCN(C)C=Nc1cc(C)c(C(C)(C2CC2)C(F)(F)F)cc1C. The number of alkyl halides is 3. The first-order valence-electron chi connectivity index (χ1n) is 8.04. The summed E-state index contributed by atoms with van der Waals surface area (Å²) in [7, 11) is 1.91. The van der Waals surface area contributed by atoms with E-state index in [-0.39, 0.29) is 5.92 Å². The average molecular weight is 326 g/mol. The summed E-state index contributed by atoms with van der Waals surface area (Å²) in [6.45, 7) is 7.76. The Kier molecular flexibility index (Phi) is 4.79. The maximum atomic E-state index is 13.8. The van der Waals surface area contributed by atoms with E-state index in [0.29, 0.717) is 24.0 Å². The highest BCUT2D eigenvalue weighted by Gasteiger charge is 2.60. The average Bonchev–Trinajstić information content (AvgIpc) is 3.30. The van der Waals surface area contributed by atoms with Crippen molar-refractivity contribution in [3.05, 3.63) is 28.8 Å². The van der Waals surface area contributed by atoms with Gasteiger partial charge in [0.2, 0.25) is 0 Å². The molecular formula is C18H25F3N2. The highest BCUT2D eigenvalue weighted by atomic mass is 19.4. The number of rotatable bonds is 5. The lowest BCUT2D eigenvalue weighted by Crippen LogP contribution is -2.42. The zero-order valence-electron chi connectivity index (χ0n) is 14.5. The van der Waals surface area contributed by atoms with E-state index in [1.165, 1.54) is 6.92 Å². The molecule has 1 fully saturated rings. The first-order valence-corrected chi connectivity index (χ1v) is 8.04. The number of hydrogen-bond donors (Lipinski definition) is 0. The lowest BCUT2D eigenvalue weighted by molar-refractivity contribution is -0.192. The molecule has 1 aromatic rings. The molecule has 0 aromatic heterocycles. The molecule has 0 spiro atoms. The molecule has 0 amide bonds. The summed E-state index contributed by atoms with van der Waals surface area (Å²) in [6.07, 6.45) is -1.23. The predicted octanol–water partition coefficient (Wildman–Crippen LogP) is 5.14. The van der Waals surface area contributed by atoms with Crippen LogP contribution in [0.4, 0.5) is 18.9 Å². The number of benzene rings is 1. The predicted molar refractivity (Wildman–Crippen MR) is 88.5 cm³/mol. The number of nitrogens with zero attached hydrogens (tertiary/aromatic N) is 2. The molecule has 2 nitrogen and oxygen atoms in total. The summed E-state index contributed by atoms with van der Waals surface area (Å²) >= 11 is 0. The zero-order valence-corrected chi connectivity index (χ0v) is 14.5. The van der Waals surface area contributed by atoms with E-state index in [9.17, 15) is 13.2 Å². The lowest BCUT2D eigenvalue weighted by Gasteiger charge is -2.34. The Morgan fingerprint density at radius 1 is 1.22 bits per heavy atom. The third kappa shape index (κ3) is 3.38. The van der Waals surface area contributed by atoms with Gasteiger partial charge in [0.1, 0.15) is 0 Å². The Balaban J connectivity index is 2.45. The largest absolute Gasteiger partial charge is 0.398 e. The number of hydrogen-bond acceptors (Lipinski definition) is 1. The molecule has 1 aromatic carbocycles. The first kappa shape index (κ1) is 17.8. The number of aryl methyl sites for hydroxylation is 2. The first-order chi connectivity index (χ1) is 10.6.